The van der Waals surface area contributed by atoms with Crippen LogP contribution in [0.3, 0.4) is 0 Å². The summed E-state index contributed by atoms with van der Waals surface area (Å²) in [7, 11) is -2.50. The van der Waals surface area contributed by atoms with E-state index in [1.165, 1.54) is 29.1 Å². The van der Waals surface area contributed by atoms with Crippen molar-refractivity contribution in [1.29, 1.82) is 0 Å². The van der Waals surface area contributed by atoms with Crippen LogP contribution in [0.2, 0.25) is 0 Å². The predicted octanol–water partition coefficient (Wildman–Crippen LogP) is 6.14. The second kappa shape index (κ2) is 12.0. The van der Waals surface area contributed by atoms with Gasteiger partial charge < -0.3 is 10.1 Å². The summed E-state index contributed by atoms with van der Waals surface area (Å²) in [6.07, 6.45) is 0.939. The van der Waals surface area contributed by atoms with E-state index in [1.54, 1.807) is 36.4 Å². The van der Waals surface area contributed by atoms with Gasteiger partial charge in [0.05, 0.1) is 35.8 Å². The number of hydrogen-bond donors (Lipinski definition) is 1. The number of sulfonamides is 1. The maximum atomic E-state index is 14.0. The molecule has 4 aromatic rings. The van der Waals surface area contributed by atoms with E-state index in [2.05, 4.69) is 24.4 Å². The van der Waals surface area contributed by atoms with Gasteiger partial charge in [0.15, 0.2) is 0 Å². The molecule has 0 bridgehead atoms. The van der Waals surface area contributed by atoms with Crippen molar-refractivity contribution in [2.24, 2.45) is 0 Å². The number of hydrogen-bond acceptors (Lipinski definition) is 4. The van der Waals surface area contributed by atoms with Gasteiger partial charge in [0.25, 0.3) is 15.9 Å². The summed E-state index contributed by atoms with van der Waals surface area (Å²) < 4.78 is 34.4. The highest BCUT2D eigenvalue weighted by Crippen LogP contribution is 2.30. The number of rotatable bonds is 10. The Bertz CT molecular complexity index is 1470. The Balaban J connectivity index is 1.71. The minimum atomic E-state index is -4.02. The van der Waals surface area contributed by atoms with E-state index in [4.69, 9.17) is 4.74 Å². The fourth-order valence-electron chi connectivity index (χ4n) is 4.21. The van der Waals surface area contributed by atoms with E-state index >= 15 is 0 Å². The van der Waals surface area contributed by atoms with Crippen LogP contribution in [0.25, 0.3) is 0 Å². The number of amides is 1. The lowest BCUT2D eigenvalue weighted by Gasteiger charge is -2.27. The Hall–Kier alpha value is -4.10. The van der Waals surface area contributed by atoms with Crippen molar-refractivity contribution in [2.45, 2.75) is 37.8 Å². The molecular weight excluding hydrogens is 496 g/mol. The van der Waals surface area contributed by atoms with Crippen LogP contribution < -0.4 is 14.4 Å². The van der Waals surface area contributed by atoms with Crippen LogP contribution in [0.4, 0.5) is 5.69 Å². The second-order valence-corrected chi connectivity index (χ2v) is 10.8. The van der Waals surface area contributed by atoms with E-state index in [1.807, 2.05) is 49.4 Å². The molecule has 0 spiro atoms. The van der Waals surface area contributed by atoms with Crippen LogP contribution in [0, 0.1) is 0 Å². The number of para-hydroxylation sites is 1. The highest BCUT2D eigenvalue weighted by atomic mass is 32.2. The normalized spacial score (nSPS) is 12.0. The number of carbonyl (C=O) groups is 1. The van der Waals surface area contributed by atoms with Crippen molar-refractivity contribution in [2.75, 3.05) is 11.4 Å². The Morgan fingerprint density at radius 2 is 1.47 bits per heavy atom. The molecule has 1 unspecified atom stereocenters. The van der Waals surface area contributed by atoms with Crippen molar-refractivity contribution in [1.82, 2.24) is 5.32 Å². The van der Waals surface area contributed by atoms with Crippen molar-refractivity contribution in [3.05, 3.63) is 125 Å². The van der Waals surface area contributed by atoms with E-state index in [-0.39, 0.29) is 29.0 Å². The zero-order valence-electron chi connectivity index (χ0n) is 21.8. The Morgan fingerprint density at radius 1 is 0.842 bits per heavy atom. The molecule has 0 aliphatic rings. The van der Waals surface area contributed by atoms with E-state index in [0.29, 0.717) is 11.4 Å². The summed E-state index contributed by atoms with van der Waals surface area (Å²) in [5.74, 6) is 0.204. The zero-order chi connectivity index (χ0) is 27.1. The molecule has 0 aromatic heterocycles. The smallest absolute Gasteiger partial charge is 0.264 e. The summed E-state index contributed by atoms with van der Waals surface area (Å²) in [4.78, 5) is 13.6. The maximum absolute atomic E-state index is 14.0. The predicted molar refractivity (Wildman–Crippen MR) is 151 cm³/mol. The van der Waals surface area contributed by atoms with Crippen molar-refractivity contribution < 1.29 is 17.9 Å². The Labute approximate surface area is 225 Å². The van der Waals surface area contributed by atoms with Gasteiger partial charge in [-0.1, -0.05) is 73.7 Å². The summed E-state index contributed by atoms with van der Waals surface area (Å²) in [5, 5.41) is 3.04. The molecule has 0 aliphatic heterocycles. The van der Waals surface area contributed by atoms with E-state index in [9.17, 15) is 13.2 Å². The first-order valence-electron chi connectivity index (χ1n) is 12.5. The van der Waals surface area contributed by atoms with Crippen LogP contribution in [-0.2, 0) is 23.0 Å². The quantitative estimate of drug-likeness (QED) is 0.268. The molecule has 0 aliphatic carbocycles. The van der Waals surface area contributed by atoms with Gasteiger partial charge in [-0.3, -0.25) is 9.10 Å². The SMILES string of the molecule is CCc1ccc(C(C)NC(=O)c2ccccc2N(Cc2ccccc2)S(=O)(=O)c2ccc(OC)cc2)cc1. The molecule has 6 nitrogen and oxygen atoms in total. The van der Waals surface area contributed by atoms with Gasteiger partial charge in [-0.15, -0.1) is 0 Å². The molecule has 1 atom stereocenters. The number of methoxy groups -OCH3 is 1. The molecular formula is C31H32N2O4S. The molecule has 196 valence electrons. The van der Waals surface area contributed by atoms with E-state index in [0.717, 1.165) is 17.5 Å². The molecule has 0 radical (unpaired) electrons. The van der Waals surface area contributed by atoms with Gasteiger partial charge in [0.1, 0.15) is 5.75 Å². The Morgan fingerprint density at radius 3 is 2.11 bits per heavy atom. The molecule has 1 amide bonds. The number of ether oxygens (including phenoxy) is 1. The molecule has 1 N–H and O–H groups in total. The van der Waals surface area contributed by atoms with Crippen molar-refractivity contribution in [3.8, 4) is 5.75 Å². The van der Waals surface area contributed by atoms with Crippen LogP contribution in [0.5, 0.6) is 5.75 Å². The first-order chi connectivity index (χ1) is 18.3. The molecule has 0 fully saturated rings. The van der Waals surface area contributed by atoms with Gasteiger partial charge in [-0.25, -0.2) is 8.42 Å². The maximum Gasteiger partial charge on any atom is 0.264 e. The summed E-state index contributed by atoms with van der Waals surface area (Å²) in [6, 6.07) is 30.2. The molecule has 38 heavy (non-hydrogen) atoms. The van der Waals surface area contributed by atoms with Crippen molar-refractivity contribution >= 4 is 21.6 Å². The van der Waals surface area contributed by atoms with Crippen LogP contribution in [-0.4, -0.2) is 21.4 Å². The molecule has 0 saturated heterocycles. The van der Waals surface area contributed by atoms with Crippen LogP contribution >= 0.6 is 0 Å². The molecule has 0 heterocycles. The summed E-state index contributed by atoms with van der Waals surface area (Å²) in [5.41, 5.74) is 3.57. The van der Waals surface area contributed by atoms with Gasteiger partial charge in [-0.05, 0) is 66.4 Å². The first-order valence-corrected chi connectivity index (χ1v) is 14.0. The lowest BCUT2D eigenvalue weighted by Crippen LogP contribution is -2.34. The average Bonchev–Trinajstić information content (AvgIpc) is 2.96. The van der Waals surface area contributed by atoms with Crippen molar-refractivity contribution in [3.63, 3.8) is 0 Å². The monoisotopic (exact) mass is 528 g/mol. The van der Waals surface area contributed by atoms with Gasteiger partial charge in [0.2, 0.25) is 0 Å². The second-order valence-electron chi connectivity index (χ2n) is 8.98. The fraction of sp³-hybridized carbons (Fsp3) is 0.194. The summed E-state index contributed by atoms with van der Waals surface area (Å²) >= 11 is 0. The third kappa shape index (κ3) is 6.06. The standard InChI is InChI=1S/C31H32N2O4S/c1-4-24-14-16-26(17-15-24)23(2)32-31(34)29-12-8-9-13-30(29)33(22-25-10-6-5-7-11-25)38(35,36)28-20-18-27(37-3)19-21-28/h5-21,23H,4,22H2,1-3H3,(H,32,34). The van der Waals surface area contributed by atoms with Gasteiger partial charge >= 0.3 is 0 Å². The highest BCUT2D eigenvalue weighted by molar-refractivity contribution is 7.92. The minimum absolute atomic E-state index is 0.0630. The minimum Gasteiger partial charge on any atom is -0.497 e. The number of benzene rings is 4. The first kappa shape index (κ1) is 26.9. The number of aryl methyl sites for hydroxylation is 1. The topological polar surface area (TPSA) is 75.7 Å². The number of anilines is 1. The molecule has 7 heteroatoms. The number of nitrogens with one attached hydrogen (secondary N) is 1. The fourth-order valence-corrected chi connectivity index (χ4v) is 5.68. The van der Waals surface area contributed by atoms with Crippen LogP contribution in [0.1, 0.15) is 46.9 Å². The summed E-state index contributed by atoms with van der Waals surface area (Å²) in [6.45, 7) is 4.07. The third-order valence-electron chi connectivity index (χ3n) is 6.47. The lowest BCUT2D eigenvalue weighted by molar-refractivity contribution is 0.0940. The van der Waals surface area contributed by atoms with E-state index < -0.39 is 10.0 Å². The van der Waals surface area contributed by atoms with Gasteiger partial charge in [0, 0.05) is 0 Å². The lowest BCUT2D eigenvalue weighted by atomic mass is 10.0. The van der Waals surface area contributed by atoms with Gasteiger partial charge in [-0.2, -0.15) is 0 Å². The largest absolute Gasteiger partial charge is 0.497 e. The average molecular weight is 529 g/mol. The van der Waals surface area contributed by atoms with Crippen LogP contribution in [0.15, 0.2) is 108 Å². The third-order valence-corrected chi connectivity index (χ3v) is 8.24. The Kier molecular flexibility index (Phi) is 8.48. The molecule has 4 rings (SSSR count). The number of carbonyl (C=O) groups excluding carboxylic acids is 1. The molecule has 0 saturated carbocycles. The zero-order valence-corrected chi connectivity index (χ0v) is 22.6. The highest BCUT2D eigenvalue weighted by Gasteiger charge is 2.29. The molecule has 4 aromatic carbocycles. The number of nitrogens with zero attached hydrogens (tertiary/aromatic N) is 1.